The molecule has 3 aromatic rings. The Hall–Kier alpha value is -3.45. The first-order chi connectivity index (χ1) is 15.6. The molecule has 0 atom stereocenters. The SMILES string of the molecule is O=C1CN(Cc2ccnc3ccccc23)Cc2ccc(C(=O)O)cc2OCCCCCN1. The van der Waals surface area contributed by atoms with Crippen molar-refractivity contribution in [3.8, 4) is 5.75 Å². The van der Waals surface area contributed by atoms with Gasteiger partial charge in [-0.15, -0.1) is 0 Å². The van der Waals surface area contributed by atoms with Gasteiger partial charge in [0.1, 0.15) is 5.75 Å². The lowest BCUT2D eigenvalue weighted by molar-refractivity contribution is -0.122. The summed E-state index contributed by atoms with van der Waals surface area (Å²) in [6.45, 7) is 2.40. The number of pyridine rings is 1. The number of carbonyl (C=O) groups excluding carboxylic acids is 1. The lowest BCUT2D eigenvalue weighted by Gasteiger charge is -2.24. The van der Waals surface area contributed by atoms with E-state index in [0.29, 0.717) is 32.0 Å². The van der Waals surface area contributed by atoms with Crippen LogP contribution >= 0.6 is 0 Å². The van der Waals surface area contributed by atoms with Crippen LogP contribution in [0.1, 0.15) is 40.7 Å². The van der Waals surface area contributed by atoms with Gasteiger partial charge in [-0.25, -0.2) is 4.79 Å². The molecule has 0 radical (unpaired) electrons. The maximum Gasteiger partial charge on any atom is 0.335 e. The number of para-hydroxylation sites is 1. The van der Waals surface area contributed by atoms with Gasteiger partial charge in [-0.3, -0.25) is 14.7 Å². The standard InChI is InChI=1S/C25H27N3O4/c29-24-17-28(15-19-10-12-26-22-7-3-2-6-21(19)22)16-20-9-8-18(25(30)31)14-23(20)32-13-5-1-4-11-27-24/h2-3,6-10,12,14H,1,4-5,11,13,15-17H2,(H,27,29)(H,30,31). The molecule has 0 bridgehead atoms. The highest BCUT2D eigenvalue weighted by molar-refractivity contribution is 5.88. The molecule has 2 heterocycles. The monoisotopic (exact) mass is 433 g/mol. The van der Waals surface area contributed by atoms with Gasteiger partial charge in [0.25, 0.3) is 0 Å². The van der Waals surface area contributed by atoms with Gasteiger partial charge in [0, 0.05) is 36.8 Å². The number of ether oxygens (including phenoxy) is 1. The predicted molar refractivity (Wildman–Crippen MR) is 122 cm³/mol. The fourth-order valence-electron chi connectivity index (χ4n) is 3.97. The van der Waals surface area contributed by atoms with Crippen LogP contribution in [-0.2, 0) is 17.9 Å². The van der Waals surface area contributed by atoms with Crippen LogP contribution in [0.3, 0.4) is 0 Å². The molecule has 2 aromatic carbocycles. The van der Waals surface area contributed by atoms with E-state index in [0.717, 1.165) is 41.3 Å². The molecule has 0 fully saturated rings. The van der Waals surface area contributed by atoms with E-state index in [1.807, 2.05) is 30.3 Å². The second-order valence-corrected chi connectivity index (χ2v) is 8.02. The highest BCUT2D eigenvalue weighted by Crippen LogP contribution is 2.25. The number of hydrogen-bond donors (Lipinski definition) is 2. The summed E-state index contributed by atoms with van der Waals surface area (Å²) in [6, 6.07) is 14.9. The Morgan fingerprint density at radius 1 is 1.09 bits per heavy atom. The summed E-state index contributed by atoms with van der Waals surface area (Å²) in [5, 5.41) is 13.5. The van der Waals surface area contributed by atoms with Gasteiger partial charge >= 0.3 is 5.97 Å². The lowest BCUT2D eigenvalue weighted by atomic mass is 10.1. The molecule has 0 saturated heterocycles. The molecular formula is C25H27N3O4. The first-order valence-electron chi connectivity index (χ1n) is 10.9. The number of benzene rings is 2. The van der Waals surface area contributed by atoms with Gasteiger partial charge in [-0.05, 0) is 49.1 Å². The first-order valence-corrected chi connectivity index (χ1v) is 10.9. The number of carboxylic acids is 1. The van der Waals surface area contributed by atoms with E-state index < -0.39 is 5.97 Å². The molecule has 0 aliphatic carbocycles. The van der Waals surface area contributed by atoms with Crippen molar-refractivity contribution in [3.63, 3.8) is 0 Å². The van der Waals surface area contributed by atoms with Gasteiger partial charge in [0.05, 0.1) is 24.2 Å². The van der Waals surface area contributed by atoms with Crippen LogP contribution in [0, 0.1) is 0 Å². The molecule has 1 aliphatic rings. The zero-order valence-electron chi connectivity index (χ0n) is 17.9. The first kappa shape index (κ1) is 21.8. The molecule has 166 valence electrons. The van der Waals surface area contributed by atoms with Gasteiger partial charge in [0.2, 0.25) is 5.91 Å². The van der Waals surface area contributed by atoms with Crippen LogP contribution in [-0.4, -0.2) is 46.6 Å². The molecule has 7 heteroatoms. The molecular weight excluding hydrogens is 406 g/mol. The molecule has 1 aliphatic heterocycles. The largest absolute Gasteiger partial charge is 0.493 e. The molecule has 2 N–H and O–H groups in total. The number of nitrogens with one attached hydrogen (secondary N) is 1. The van der Waals surface area contributed by atoms with E-state index in [1.165, 1.54) is 0 Å². The van der Waals surface area contributed by atoms with Crippen LogP contribution in [0.5, 0.6) is 5.75 Å². The van der Waals surface area contributed by atoms with Crippen molar-refractivity contribution in [2.24, 2.45) is 0 Å². The average Bonchev–Trinajstić information content (AvgIpc) is 2.80. The van der Waals surface area contributed by atoms with E-state index in [-0.39, 0.29) is 18.0 Å². The topological polar surface area (TPSA) is 91.8 Å². The minimum absolute atomic E-state index is 0.0211. The van der Waals surface area contributed by atoms with Crippen molar-refractivity contribution < 1.29 is 19.4 Å². The lowest BCUT2D eigenvalue weighted by Crippen LogP contribution is -2.37. The summed E-state index contributed by atoms with van der Waals surface area (Å²) in [4.78, 5) is 30.6. The average molecular weight is 434 g/mol. The van der Waals surface area contributed by atoms with E-state index in [9.17, 15) is 14.7 Å². The second kappa shape index (κ2) is 10.2. The Labute approximate surface area is 187 Å². The molecule has 0 saturated carbocycles. The van der Waals surface area contributed by atoms with E-state index in [1.54, 1.807) is 24.4 Å². The summed E-state index contributed by atoms with van der Waals surface area (Å²) in [6.07, 6.45) is 4.45. The van der Waals surface area contributed by atoms with Crippen LogP contribution in [0.15, 0.2) is 54.7 Å². The Morgan fingerprint density at radius 3 is 2.84 bits per heavy atom. The zero-order valence-corrected chi connectivity index (χ0v) is 17.9. The van der Waals surface area contributed by atoms with Crippen molar-refractivity contribution >= 4 is 22.8 Å². The summed E-state index contributed by atoms with van der Waals surface area (Å²) >= 11 is 0. The minimum Gasteiger partial charge on any atom is -0.493 e. The predicted octanol–water partition coefficient (Wildman–Crippen LogP) is 3.61. The minimum atomic E-state index is -0.987. The molecule has 7 nitrogen and oxygen atoms in total. The Morgan fingerprint density at radius 2 is 1.97 bits per heavy atom. The molecule has 4 rings (SSSR count). The second-order valence-electron chi connectivity index (χ2n) is 8.02. The van der Waals surface area contributed by atoms with Crippen LogP contribution in [0.4, 0.5) is 0 Å². The van der Waals surface area contributed by atoms with E-state index in [4.69, 9.17) is 4.74 Å². The third-order valence-electron chi connectivity index (χ3n) is 5.61. The molecule has 0 spiro atoms. The van der Waals surface area contributed by atoms with Gasteiger partial charge < -0.3 is 15.2 Å². The third kappa shape index (κ3) is 5.42. The van der Waals surface area contributed by atoms with Crippen molar-refractivity contribution in [3.05, 3.63) is 71.4 Å². The molecule has 32 heavy (non-hydrogen) atoms. The Bertz CT molecular complexity index is 1110. The normalized spacial score (nSPS) is 16.1. The maximum atomic E-state index is 12.6. The summed E-state index contributed by atoms with van der Waals surface area (Å²) in [5.41, 5.74) is 3.05. The number of carboxylic acid groups (broad SMARTS) is 1. The Kier molecular flexibility index (Phi) is 6.97. The van der Waals surface area contributed by atoms with Gasteiger partial charge in [-0.1, -0.05) is 24.3 Å². The highest BCUT2D eigenvalue weighted by atomic mass is 16.5. The number of fused-ring (bicyclic) bond motifs is 2. The molecule has 0 unspecified atom stereocenters. The van der Waals surface area contributed by atoms with E-state index >= 15 is 0 Å². The van der Waals surface area contributed by atoms with E-state index in [2.05, 4.69) is 15.2 Å². The number of carbonyl (C=O) groups is 2. The van der Waals surface area contributed by atoms with Crippen LogP contribution < -0.4 is 10.1 Å². The summed E-state index contributed by atoms with van der Waals surface area (Å²) in [7, 11) is 0. The molecule has 1 aromatic heterocycles. The van der Waals surface area contributed by atoms with Crippen molar-refractivity contribution in [1.82, 2.24) is 15.2 Å². The number of aromatic carboxylic acids is 1. The third-order valence-corrected chi connectivity index (χ3v) is 5.61. The molecule has 1 amide bonds. The zero-order chi connectivity index (χ0) is 22.3. The van der Waals surface area contributed by atoms with Crippen molar-refractivity contribution in [2.75, 3.05) is 19.7 Å². The number of rotatable bonds is 3. The fraction of sp³-hybridized carbons (Fsp3) is 0.320. The fourth-order valence-corrected chi connectivity index (χ4v) is 3.97. The number of amides is 1. The number of aromatic nitrogens is 1. The van der Waals surface area contributed by atoms with Crippen LogP contribution in [0.25, 0.3) is 10.9 Å². The smallest absolute Gasteiger partial charge is 0.335 e. The summed E-state index contributed by atoms with van der Waals surface area (Å²) in [5.74, 6) is -0.444. The van der Waals surface area contributed by atoms with Crippen LogP contribution in [0.2, 0.25) is 0 Å². The van der Waals surface area contributed by atoms with Crippen molar-refractivity contribution in [1.29, 1.82) is 0 Å². The quantitative estimate of drug-likeness (QED) is 0.656. The van der Waals surface area contributed by atoms with Gasteiger partial charge in [-0.2, -0.15) is 0 Å². The van der Waals surface area contributed by atoms with Crippen molar-refractivity contribution in [2.45, 2.75) is 32.4 Å². The summed E-state index contributed by atoms with van der Waals surface area (Å²) < 4.78 is 5.98. The van der Waals surface area contributed by atoms with Gasteiger partial charge in [0.15, 0.2) is 0 Å². The number of nitrogens with zero attached hydrogens (tertiary/aromatic N) is 2. The maximum absolute atomic E-state index is 12.6. The highest BCUT2D eigenvalue weighted by Gasteiger charge is 2.18. The Balaban J connectivity index is 1.66. The number of hydrogen-bond acceptors (Lipinski definition) is 5.